The molecule has 4 rings (SSSR count). The van der Waals surface area contributed by atoms with Crippen LogP contribution >= 0.6 is 0 Å². The molecule has 0 N–H and O–H groups in total. The van der Waals surface area contributed by atoms with E-state index in [0.717, 1.165) is 17.7 Å². The fraction of sp³-hybridized carbons (Fsp3) is 0.304. The maximum absolute atomic E-state index is 12.6. The van der Waals surface area contributed by atoms with E-state index in [1.807, 2.05) is 24.0 Å². The van der Waals surface area contributed by atoms with Crippen molar-refractivity contribution in [1.82, 2.24) is 24.4 Å². The molecule has 3 aromatic heterocycles. The minimum atomic E-state index is -4.44. The number of aromatic nitrogens is 5. The van der Waals surface area contributed by atoms with E-state index < -0.39 is 24.8 Å². The lowest BCUT2D eigenvalue weighted by Crippen LogP contribution is -2.12. The Morgan fingerprint density at radius 1 is 0.971 bits per heavy atom. The van der Waals surface area contributed by atoms with E-state index in [9.17, 15) is 18.0 Å². The summed E-state index contributed by atoms with van der Waals surface area (Å²) >= 11 is 0. The van der Waals surface area contributed by atoms with Crippen molar-refractivity contribution >= 4 is 11.4 Å². The molecule has 0 fully saturated rings. The average molecular weight is 473 g/mol. The monoisotopic (exact) mass is 473 g/mol. The molecule has 8 nitrogen and oxygen atoms in total. The molecule has 0 radical (unpaired) electrons. The summed E-state index contributed by atoms with van der Waals surface area (Å²) in [6.07, 6.45) is 2.45. The first-order chi connectivity index (χ1) is 16.2. The number of Topliss-reactive ketones (excluding diaryl/α,β-unsaturated/α-hetero) is 1. The van der Waals surface area contributed by atoms with Crippen LogP contribution in [0.1, 0.15) is 30.1 Å². The summed E-state index contributed by atoms with van der Waals surface area (Å²) in [5.41, 5.74) is 3.49. The van der Waals surface area contributed by atoms with Crippen molar-refractivity contribution in [2.45, 2.75) is 32.5 Å². The molecule has 3 heterocycles. The molecule has 0 bridgehead atoms. The molecular formula is C23H22F3N5O3. The largest absolute Gasteiger partial charge is 0.496 e. The Bertz CT molecular complexity index is 1320. The van der Waals surface area contributed by atoms with Crippen molar-refractivity contribution in [2.24, 2.45) is 0 Å². The number of aryl methyl sites for hydroxylation is 1. The molecule has 4 aromatic rings. The third-order valence-corrected chi connectivity index (χ3v) is 5.38. The maximum atomic E-state index is 12.6. The van der Waals surface area contributed by atoms with Gasteiger partial charge in [-0.05, 0) is 24.6 Å². The van der Waals surface area contributed by atoms with Gasteiger partial charge in [0, 0.05) is 48.2 Å². The normalized spacial score (nSPS) is 11.7. The van der Waals surface area contributed by atoms with Gasteiger partial charge in [0.25, 0.3) is 0 Å². The number of nitrogens with zero attached hydrogens (tertiary/aromatic N) is 5. The number of halogens is 3. The van der Waals surface area contributed by atoms with Crippen molar-refractivity contribution in [3.05, 3.63) is 48.7 Å². The summed E-state index contributed by atoms with van der Waals surface area (Å²) in [5, 5.41) is 8.66. The molecule has 0 atom stereocenters. The fourth-order valence-electron chi connectivity index (χ4n) is 3.64. The molecule has 178 valence electrons. The molecule has 0 unspecified atom stereocenters. The number of hydrogen-bond acceptors (Lipinski definition) is 6. The molecule has 0 aliphatic heterocycles. The van der Waals surface area contributed by atoms with E-state index in [1.165, 1.54) is 14.2 Å². The van der Waals surface area contributed by atoms with Gasteiger partial charge in [0.05, 0.1) is 33.0 Å². The zero-order valence-corrected chi connectivity index (χ0v) is 18.8. The van der Waals surface area contributed by atoms with Crippen LogP contribution in [0.2, 0.25) is 0 Å². The number of fused-ring (bicyclic) bond motifs is 1. The molecule has 0 aliphatic carbocycles. The minimum Gasteiger partial charge on any atom is -0.496 e. The molecular weight excluding hydrogens is 451 g/mol. The van der Waals surface area contributed by atoms with Crippen molar-refractivity contribution in [2.75, 3.05) is 14.2 Å². The summed E-state index contributed by atoms with van der Waals surface area (Å²) in [5.74, 6) is -0.484. The molecule has 0 saturated carbocycles. The highest BCUT2D eigenvalue weighted by molar-refractivity contribution is 6.02. The van der Waals surface area contributed by atoms with Gasteiger partial charge in [0.1, 0.15) is 17.1 Å². The third-order valence-electron chi connectivity index (χ3n) is 5.38. The van der Waals surface area contributed by atoms with Crippen LogP contribution in [0, 0.1) is 0 Å². The van der Waals surface area contributed by atoms with Gasteiger partial charge < -0.3 is 9.47 Å². The first kappa shape index (κ1) is 23.3. The number of carbonyl (C=O) groups excluding carboxylic acids is 1. The van der Waals surface area contributed by atoms with Crippen LogP contribution in [0.15, 0.2) is 43.1 Å². The van der Waals surface area contributed by atoms with Crippen molar-refractivity contribution < 1.29 is 27.4 Å². The van der Waals surface area contributed by atoms with E-state index in [4.69, 9.17) is 9.47 Å². The number of alkyl halides is 3. The summed E-state index contributed by atoms with van der Waals surface area (Å²) in [6, 6.07) is 3.14. The molecule has 0 aliphatic rings. The zero-order chi connectivity index (χ0) is 24.5. The maximum Gasteiger partial charge on any atom is 0.389 e. The second kappa shape index (κ2) is 9.16. The number of carbonyl (C=O) groups is 1. The minimum absolute atomic E-state index is 0.0299. The molecule has 34 heavy (non-hydrogen) atoms. The predicted molar refractivity (Wildman–Crippen MR) is 118 cm³/mol. The Labute approximate surface area is 192 Å². The number of hydrogen-bond donors (Lipinski definition) is 0. The molecule has 11 heteroatoms. The van der Waals surface area contributed by atoms with Crippen LogP contribution in [0.4, 0.5) is 13.2 Å². The second-order valence-electron chi connectivity index (χ2n) is 7.55. The third kappa shape index (κ3) is 4.59. The van der Waals surface area contributed by atoms with Crippen LogP contribution in [0.3, 0.4) is 0 Å². The number of rotatable bonds is 8. The first-order valence-corrected chi connectivity index (χ1v) is 10.5. The summed E-state index contributed by atoms with van der Waals surface area (Å²) in [6.45, 7) is 2.75. The van der Waals surface area contributed by atoms with Crippen LogP contribution in [-0.2, 0) is 6.54 Å². The zero-order valence-electron chi connectivity index (χ0n) is 18.8. The second-order valence-corrected chi connectivity index (χ2v) is 7.55. The molecule has 0 amide bonds. The van der Waals surface area contributed by atoms with Crippen LogP contribution in [0.5, 0.6) is 11.5 Å². The van der Waals surface area contributed by atoms with Gasteiger partial charge in [0.15, 0.2) is 11.4 Å². The van der Waals surface area contributed by atoms with Gasteiger partial charge in [-0.15, -0.1) is 0 Å². The summed E-state index contributed by atoms with van der Waals surface area (Å²) in [4.78, 5) is 17.1. The Hall–Kier alpha value is -3.89. The van der Waals surface area contributed by atoms with Gasteiger partial charge in [-0.2, -0.15) is 23.4 Å². The quantitative estimate of drug-likeness (QED) is 0.341. The van der Waals surface area contributed by atoms with Gasteiger partial charge in [0.2, 0.25) is 0 Å². The van der Waals surface area contributed by atoms with Crippen molar-refractivity contribution in [3.63, 3.8) is 0 Å². The average Bonchev–Trinajstić information content (AvgIpc) is 3.47. The topological polar surface area (TPSA) is 83.5 Å². The highest BCUT2D eigenvalue weighted by Gasteiger charge is 2.30. The van der Waals surface area contributed by atoms with Crippen molar-refractivity contribution in [1.29, 1.82) is 0 Å². The Morgan fingerprint density at radius 3 is 2.24 bits per heavy atom. The van der Waals surface area contributed by atoms with Crippen molar-refractivity contribution in [3.8, 4) is 33.8 Å². The smallest absolute Gasteiger partial charge is 0.389 e. The molecule has 0 spiro atoms. The van der Waals surface area contributed by atoms with E-state index in [0.29, 0.717) is 16.8 Å². The van der Waals surface area contributed by atoms with E-state index >= 15 is 0 Å². The SMILES string of the molecule is CCn1cc(-c2cnc3c(-c4cc(OC)c(C(=O)CCC(F)(F)F)c(OC)c4)cnn3c2)cn1. The standard InChI is InChI=1S/C23H22F3N5O3/c1-4-30-12-16(10-28-30)15-9-27-22-17(11-29-31(22)13-15)14-7-19(33-2)21(20(8-14)34-3)18(32)5-6-23(24,25)26/h7-13H,4-6H2,1-3H3. The number of benzene rings is 1. The number of methoxy groups -OCH3 is 2. The van der Waals surface area contributed by atoms with Gasteiger partial charge >= 0.3 is 6.18 Å². The Balaban J connectivity index is 1.72. The number of ether oxygens (including phenoxy) is 2. The van der Waals surface area contributed by atoms with Crippen LogP contribution in [0.25, 0.3) is 27.9 Å². The lowest BCUT2D eigenvalue weighted by Gasteiger charge is -2.15. The van der Waals surface area contributed by atoms with Gasteiger partial charge in [-0.3, -0.25) is 9.48 Å². The van der Waals surface area contributed by atoms with Gasteiger partial charge in [-0.1, -0.05) is 0 Å². The summed E-state index contributed by atoms with van der Waals surface area (Å²) in [7, 11) is 2.69. The van der Waals surface area contributed by atoms with Gasteiger partial charge in [-0.25, -0.2) is 9.50 Å². The summed E-state index contributed by atoms with van der Waals surface area (Å²) < 4.78 is 52.0. The highest BCUT2D eigenvalue weighted by Crippen LogP contribution is 2.38. The van der Waals surface area contributed by atoms with Crippen LogP contribution in [-0.4, -0.2) is 50.6 Å². The Morgan fingerprint density at radius 2 is 1.65 bits per heavy atom. The Kier molecular flexibility index (Phi) is 6.27. The first-order valence-electron chi connectivity index (χ1n) is 10.5. The van der Waals surface area contributed by atoms with E-state index in [1.54, 1.807) is 35.2 Å². The lowest BCUT2D eigenvalue weighted by atomic mass is 9.99. The van der Waals surface area contributed by atoms with E-state index in [2.05, 4.69) is 15.2 Å². The molecule has 1 aromatic carbocycles. The molecule has 0 saturated heterocycles. The lowest BCUT2D eigenvalue weighted by molar-refractivity contribution is -0.133. The highest BCUT2D eigenvalue weighted by atomic mass is 19.4. The van der Waals surface area contributed by atoms with E-state index in [-0.39, 0.29) is 17.1 Å². The number of ketones is 1. The van der Waals surface area contributed by atoms with Crippen LogP contribution < -0.4 is 9.47 Å². The predicted octanol–water partition coefficient (Wildman–Crippen LogP) is 4.82. The fourth-order valence-corrected chi connectivity index (χ4v) is 3.64.